The predicted octanol–water partition coefficient (Wildman–Crippen LogP) is 1.23. The molecule has 0 amide bonds. The molecule has 2 N–H and O–H groups in total. The second-order valence-corrected chi connectivity index (χ2v) is 4.06. The summed E-state index contributed by atoms with van der Waals surface area (Å²) < 4.78 is 5.56. The topological polar surface area (TPSA) is 52.9 Å². The Morgan fingerprint density at radius 2 is 2.13 bits per heavy atom. The second kappa shape index (κ2) is 3.72. The standard InChI is InChI=1S/C11H15NO3/c1-12(2)5-10-7-3-4-9(13)11(14)8(7)6-15-10/h3-4,10,13-14H,5-6H2,1-2H3. The van der Waals surface area contributed by atoms with Gasteiger partial charge in [0.15, 0.2) is 11.5 Å². The van der Waals surface area contributed by atoms with Crippen LogP contribution in [0.1, 0.15) is 17.2 Å². The van der Waals surface area contributed by atoms with E-state index in [1.54, 1.807) is 0 Å². The van der Waals surface area contributed by atoms with Crippen molar-refractivity contribution in [3.05, 3.63) is 23.3 Å². The molecule has 0 saturated carbocycles. The van der Waals surface area contributed by atoms with Crippen LogP contribution < -0.4 is 0 Å². The Hall–Kier alpha value is -1.26. The van der Waals surface area contributed by atoms with Gasteiger partial charge in [0.1, 0.15) is 0 Å². The predicted molar refractivity (Wildman–Crippen MR) is 55.9 cm³/mol. The second-order valence-electron chi connectivity index (χ2n) is 4.06. The van der Waals surface area contributed by atoms with Crippen molar-refractivity contribution in [3.8, 4) is 11.5 Å². The van der Waals surface area contributed by atoms with E-state index in [4.69, 9.17) is 4.74 Å². The summed E-state index contributed by atoms with van der Waals surface area (Å²) in [6.45, 7) is 1.14. The van der Waals surface area contributed by atoms with Crippen molar-refractivity contribution >= 4 is 0 Å². The lowest BCUT2D eigenvalue weighted by Gasteiger charge is -2.16. The molecule has 82 valence electrons. The Balaban J connectivity index is 2.32. The van der Waals surface area contributed by atoms with E-state index in [1.165, 1.54) is 6.07 Å². The molecule has 0 spiro atoms. The third-order valence-electron chi connectivity index (χ3n) is 2.60. The zero-order valence-electron chi connectivity index (χ0n) is 8.90. The molecule has 15 heavy (non-hydrogen) atoms. The first-order valence-corrected chi connectivity index (χ1v) is 4.89. The molecule has 1 aliphatic rings. The fraction of sp³-hybridized carbons (Fsp3) is 0.455. The maximum Gasteiger partial charge on any atom is 0.163 e. The summed E-state index contributed by atoms with van der Waals surface area (Å²) in [5, 5.41) is 19.0. The molecule has 4 heteroatoms. The first kappa shape index (κ1) is 10.3. The van der Waals surface area contributed by atoms with E-state index in [0.29, 0.717) is 12.2 Å². The maximum absolute atomic E-state index is 9.63. The number of rotatable bonds is 2. The van der Waals surface area contributed by atoms with Crippen molar-refractivity contribution in [1.29, 1.82) is 0 Å². The van der Waals surface area contributed by atoms with Crippen LogP contribution in [-0.4, -0.2) is 35.8 Å². The lowest BCUT2D eigenvalue weighted by Crippen LogP contribution is -2.19. The largest absolute Gasteiger partial charge is 0.504 e. The highest BCUT2D eigenvalue weighted by Gasteiger charge is 2.27. The molecule has 1 aromatic rings. The van der Waals surface area contributed by atoms with E-state index in [2.05, 4.69) is 0 Å². The quantitative estimate of drug-likeness (QED) is 0.719. The van der Waals surface area contributed by atoms with E-state index in [9.17, 15) is 10.2 Å². The first-order chi connectivity index (χ1) is 7.09. The van der Waals surface area contributed by atoms with Crippen LogP contribution in [0, 0.1) is 0 Å². The molecule has 0 bridgehead atoms. The van der Waals surface area contributed by atoms with Gasteiger partial charge in [-0.15, -0.1) is 0 Å². The van der Waals surface area contributed by atoms with Gasteiger partial charge < -0.3 is 19.8 Å². The molecule has 2 rings (SSSR count). The van der Waals surface area contributed by atoms with Crippen molar-refractivity contribution < 1.29 is 14.9 Å². The zero-order valence-corrected chi connectivity index (χ0v) is 8.90. The summed E-state index contributed by atoms with van der Waals surface area (Å²) in [6.07, 6.45) is -0.0125. The molecule has 1 aliphatic heterocycles. The van der Waals surface area contributed by atoms with Gasteiger partial charge in [-0.05, 0) is 25.7 Å². The molecule has 1 unspecified atom stereocenters. The normalized spacial score (nSPS) is 19.5. The number of likely N-dealkylation sites (N-methyl/N-ethyl adjacent to an activating group) is 1. The van der Waals surface area contributed by atoms with E-state index in [-0.39, 0.29) is 17.6 Å². The number of hydrogen-bond acceptors (Lipinski definition) is 4. The molecular weight excluding hydrogens is 194 g/mol. The third-order valence-corrected chi connectivity index (χ3v) is 2.60. The number of aromatic hydroxyl groups is 2. The molecule has 0 aliphatic carbocycles. The Kier molecular flexibility index (Phi) is 2.54. The fourth-order valence-corrected chi connectivity index (χ4v) is 1.85. The Bertz CT molecular complexity index is 376. The summed E-state index contributed by atoms with van der Waals surface area (Å²) in [7, 11) is 3.95. The number of phenolic OH excluding ortho intramolecular Hbond substituents is 2. The monoisotopic (exact) mass is 209 g/mol. The van der Waals surface area contributed by atoms with Crippen molar-refractivity contribution in [2.45, 2.75) is 12.7 Å². The summed E-state index contributed by atoms with van der Waals surface area (Å²) in [4.78, 5) is 2.03. The highest BCUT2D eigenvalue weighted by Crippen LogP contribution is 2.40. The van der Waals surface area contributed by atoms with E-state index in [1.807, 2.05) is 25.1 Å². The molecule has 0 aromatic heterocycles. The van der Waals surface area contributed by atoms with Gasteiger partial charge >= 0.3 is 0 Å². The van der Waals surface area contributed by atoms with E-state index in [0.717, 1.165) is 12.1 Å². The highest BCUT2D eigenvalue weighted by atomic mass is 16.5. The number of fused-ring (bicyclic) bond motifs is 1. The zero-order chi connectivity index (χ0) is 11.0. The van der Waals surface area contributed by atoms with Crippen LogP contribution in [0.5, 0.6) is 11.5 Å². The molecule has 4 nitrogen and oxygen atoms in total. The van der Waals surface area contributed by atoms with Gasteiger partial charge in [0.25, 0.3) is 0 Å². The number of phenols is 2. The number of hydrogen-bond donors (Lipinski definition) is 2. The molecule has 0 fully saturated rings. The van der Waals surface area contributed by atoms with Gasteiger partial charge in [0.2, 0.25) is 0 Å². The fourth-order valence-electron chi connectivity index (χ4n) is 1.85. The maximum atomic E-state index is 9.63. The van der Waals surface area contributed by atoms with Crippen molar-refractivity contribution in [1.82, 2.24) is 4.90 Å². The van der Waals surface area contributed by atoms with E-state index >= 15 is 0 Å². The molecule has 0 radical (unpaired) electrons. The van der Waals surface area contributed by atoms with Crippen LogP contribution in [0.2, 0.25) is 0 Å². The van der Waals surface area contributed by atoms with Gasteiger partial charge in [-0.25, -0.2) is 0 Å². The number of benzene rings is 1. The number of ether oxygens (including phenoxy) is 1. The van der Waals surface area contributed by atoms with Crippen molar-refractivity contribution in [2.24, 2.45) is 0 Å². The van der Waals surface area contributed by atoms with E-state index < -0.39 is 0 Å². The first-order valence-electron chi connectivity index (χ1n) is 4.89. The minimum absolute atomic E-state index is 0.0125. The van der Waals surface area contributed by atoms with Crippen LogP contribution in [0.25, 0.3) is 0 Å². The third kappa shape index (κ3) is 1.78. The van der Waals surface area contributed by atoms with Crippen LogP contribution in [0.15, 0.2) is 12.1 Å². The lowest BCUT2D eigenvalue weighted by molar-refractivity contribution is 0.0471. The summed E-state index contributed by atoms with van der Waals surface area (Å²) >= 11 is 0. The Morgan fingerprint density at radius 1 is 1.40 bits per heavy atom. The SMILES string of the molecule is CN(C)CC1OCc2c1ccc(O)c2O. The van der Waals surface area contributed by atoms with Crippen molar-refractivity contribution in [3.63, 3.8) is 0 Å². The summed E-state index contributed by atoms with van der Waals surface area (Å²) in [5.41, 5.74) is 1.68. The van der Waals surface area contributed by atoms with Crippen molar-refractivity contribution in [2.75, 3.05) is 20.6 Å². The van der Waals surface area contributed by atoms with Gasteiger partial charge in [-0.3, -0.25) is 0 Å². The minimum atomic E-state index is -0.0807. The smallest absolute Gasteiger partial charge is 0.163 e. The van der Waals surface area contributed by atoms with Crippen LogP contribution in [0.3, 0.4) is 0 Å². The molecule has 1 atom stereocenters. The van der Waals surface area contributed by atoms with Crippen LogP contribution >= 0.6 is 0 Å². The minimum Gasteiger partial charge on any atom is -0.504 e. The van der Waals surface area contributed by atoms with Gasteiger partial charge in [-0.2, -0.15) is 0 Å². The lowest BCUT2D eigenvalue weighted by atomic mass is 10.0. The average molecular weight is 209 g/mol. The molecular formula is C11H15NO3. The Labute approximate surface area is 88.7 Å². The van der Waals surface area contributed by atoms with Crippen LogP contribution in [0.4, 0.5) is 0 Å². The summed E-state index contributed by atoms with van der Waals surface area (Å²) in [6, 6.07) is 3.32. The summed E-state index contributed by atoms with van der Waals surface area (Å²) in [5.74, 6) is -0.128. The highest BCUT2D eigenvalue weighted by molar-refractivity contribution is 5.50. The van der Waals surface area contributed by atoms with Gasteiger partial charge in [0.05, 0.1) is 12.7 Å². The average Bonchev–Trinajstić information content (AvgIpc) is 2.55. The van der Waals surface area contributed by atoms with Crippen LogP contribution in [-0.2, 0) is 11.3 Å². The van der Waals surface area contributed by atoms with Gasteiger partial charge in [0, 0.05) is 12.1 Å². The molecule has 0 saturated heterocycles. The Morgan fingerprint density at radius 3 is 2.80 bits per heavy atom. The molecule has 1 heterocycles. The molecule has 1 aromatic carbocycles. The number of nitrogens with zero attached hydrogens (tertiary/aromatic N) is 1. The van der Waals surface area contributed by atoms with Gasteiger partial charge in [-0.1, -0.05) is 6.07 Å².